The molecule has 0 saturated carbocycles. The Labute approximate surface area is 170 Å². The number of thioether (sulfide) groups is 1. The number of methoxy groups -OCH3 is 1. The van der Waals surface area contributed by atoms with Gasteiger partial charge in [0, 0.05) is 5.56 Å². The van der Waals surface area contributed by atoms with Crippen molar-refractivity contribution in [2.45, 2.75) is 0 Å². The van der Waals surface area contributed by atoms with Crippen molar-refractivity contribution in [3.8, 4) is 5.75 Å². The number of phenols is 1. The van der Waals surface area contributed by atoms with Crippen molar-refractivity contribution in [2.75, 3.05) is 7.11 Å². The summed E-state index contributed by atoms with van der Waals surface area (Å²) in [6, 6.07) is 12.3. The van der Waals surface area contributed by atoms with Crippen LogP contribution in [0.25, 0.3) is 6.08 Å². The van der Waals surface area contributed by atoms with E-state index in [0.29, 0.717) is 16.0 Å². The monoisotopic (exact) mass is 414 g/mol. The quantitative estimate of drug-likeness (QED) is 0.451. The number of nitrogens with zero attached hydrogens (tertiary/aromatic N) is 1. The molecule has 0 aromatic heterocycles. The summed E-state index contributed by atoms with van der Waals surface area (Å²) in [5.41, 5.74) is 3.71. The molecule has 0 unspecified atom stereocenters. The zero-order chi connectivity index (χ0) is 20.3. The highest BCUT2D eigenvalue weighted by atomic mass is 32.2. The molecule has 0 radical (unpaired) electrons. The van der Waals surface area contributed by atoms with E-state index in [0.717, 1.165) is 16.8 Å². The third kappa shape index (κ3) is 4.21. The van der Waals surface area contributed by atoms with Crippen LogP contribution < -0.4 is 5.43 Å². The van der Waals surface area contributed by atoms with Crippen LogP contribution in [0.5, 0.6) is 5.75 Å². The second-order valence-electron chi connectivity index (χ2n) is 5.62. The minimum atomic E-state index is -0.573. The van der Waals surface area contributed by atoms with E-state index in [1.54, 1.807) is 30.3 Å². The van der Waals surface area contributed by atoms with Gasteiger partial charge in [-0.25, -0.2) is 4.79 Å². The first-order valence-electron chi connectivity index (χ1n) is 7.95. The van der Waals surface area contributed by atoms with Crippen LogP contribution in [0.15, 0.2) is 53.4 Å². The highest BCUT2D eigenvalue weighted by Crippen LogP contribution is 2.31. The highest BCUT2D eigenvalue weighted by Gasteiger charge is 2.33. The number of esters is 1. The fraction of sp³-hybridized carbons (Fsp3) is 0.0526. The van der Waals surface area contributed by atoms with Gasteiger partial charge in [0.25, 0.3) is 11.8 Å². The molecule has 142 valence electrons. The highest BCUT2D eigenvalue weighted by molar-refractivity contribution is 8.26. The van der Waals surface area contributed by atoms with Gasteiger partial charge in [0.1, 0.15) is 5.75 Å². The molecule has 2 N–H and O–H groups in total. The van der Waals surface area contributed by atoms with Crippen LogP contribution >= 0.6 is 24.0 Å². The molecular formula is C19H14N2O5S2. The lowest BCUT2D eigenvalue weighted by atomic mass is 10.1. The molecular weight excluding hydrogens is 400 g/mol. The minimum Gasteiger partial charge on any atom is -0.508 e. The average molecular weight is 414 g/mol. The number of nitrogens with one attached hydrogen (secondary N) is 1. The van der Waals surface area contributed by atoms with E-state index in [1.807, 2.05) is 0 Å². The normalized spacial score (nSPS) is 15.0. The molecule has 7 nitrogen and oxygen atoms in total. The van der Waals surface area contributed by atoms with Crippen LogP contribution in [-0.2, 0) is 9.53 Å². The van der Waals surface area contributed by atoms with E-state index < -0.39 is 17.8 Å². The van der Waals surface area contributed by atoms with Gasteiger partial charge in [-0.1, -0.05) is 30.0 Å². The zero-order valence-electron chi connectivity index (χ0n) is 14.5. The minimum absolute atomic E-state index is 0.0617. The second kappa shape index (κ2) is 8.24. The average Bonchev–Trinajstić information content (AvgIpc) is 2.95. The number of hydrazine groups is 1. The Morgan fingerprint density at radius 3 is 2.54 bits per heavy atom. The number of thiocarbonyl (C=S) groups is 1. The van der Waals surface area contributed by atoms with E-state index in [9.17, 15) is 19.5 Å². The van der Waals surface area contributed by atoms with Crippen molar-refractivity contribution in [1.29, 1.82) is 0 Å². The summed E-state index contributed by atoms with van der Waals surface area (Å²) in [7, 11) is 1.30. The van der Waals surface area contributed by atoms with Gasteiger partial charge in [0.05, 0.1) is 17.6 Å². The van der Waals surface area contributed by atoms with E-state index in [2.05, 4.69) is 10.2 Å². The molecule has 1 saturated heterocycles. The molecule has 1 aliphatic heterocycles. The molecule has 1 fully saturated rings. The van der Waals surface area contributed by atoms with Crippen molar-refractivity contribution >= 4 is 52.2 Å². The lowest BCUT2D eigenvalue weighted by Crippen LogP contribution is -2.44. The lowest BCUT2D eigenvalue weighted by Gasteiger charge is -2.15. The van der Waals surface area contributed by atoms with Gasteiger partial charge in [-0.05, 0) is 54.2 Å². The van der Waals surface area contributed by atoms with E-state index in [4.69, 9.17) is 12.2 Å². The number of benzene rings is 2. The number of carbonyl (C=O) groups excluding carboxylic acids is 3. The lowest BCUT2D eigenvalue weighted by molar-refractivity contribution is -0.123. The predicted molar refractivity (Wildman–Crippen MR) is 108 cm³/mol. The van der Waals surface area contributed by atoms with Crippen molar-refractivity contribution in [2.24, 2.45) is 0 Å². The van der Waals surface area contributed by atoms with Gasteiger partial charge in [0.15, 0.2) is 4.32 Å². The van der Waals surface area contributed by atoms with Crippen molar-refractivity contribution in [3.63, 3.8) is 0 Å². The maximum absolute atomic E-state index is 12.6. The number of amides is 2. The number of phenolic OH excluding ortho intramolecular Hbond substituents is 1. The summed E-state index contributed by atoms with van der Waals surface area (Å²) in [5, 5.41) is 10.5. The van der Waals surface area contributed by atoms with Crippen LogP contribution in [-0.4, -0.2) is 39.3 Å². The van der Waals surface area contributed by atoms with Crippen molar-refractivity contribution in [1.82, 2.24) is 10.4 Å². The van der Waals surface area contributed by atoms with E-state index in [-0.39, 0.29) is 15.6 Å². The molecule has 0 atom stereocenters. The Hall–Kier alpha value is -3.17. The van der Waals surface area contributed by atoms with E-state index >= 15 is 0 Å². The third-order valence-corrected chi connectivity index (χ3v) is 5.05. The largest absolute Gasteiger partial charge is 0.508 e. The van der Waals surface area contributed by atoms with Crippen LogP contribution in [0.1, 0.15) is 26.3 Å². The third-order valence-electron chi connectivity index (χ3n) is 3.74. The molecule has 1 aliphatic rings. The van der Waals surface area contributed by atoms with Crippen LogP contribution in [0.4, 0.5) is 0 Å². The van der Waals surface area contributed by atoms with Crippen LogP contribution in [0.3, 0.4) is 0 Å². The SMILES string of the molecule is COC(=O)c1ccc(/C=C2\SC(=S)N(NC(=O)c3cccc(O)c3)C2=O)cc1. The first kappa shape index (κ1) is 19.6. The van der Waals surface area contributed by atoms with Crippen molar-refractivity contribution < 1.29 is 24.2 Å². The van der Waals surface area contributed by atoms with Gasteiger partial charge in [-0.3, -0.25) is 15.0 Å². The summed E-state index contributed by atoms with van der Waals surface area (Å²) in [6.07, 6.45) is 1.61. The Bertz CT molecular complexity index is 1000. The Kier molecular flexibility index (Phi) is 5.76. The second-order valence-corrected chi connectivity index (χ2v) is 7.30. The smallest absolute Gasteiger partial charge is 0.337 e. The molecule has 0 spiro atoms. The predicted octanol–water partition coefficient (Wildman–Crippen LogP) is 2.73. The molecule has 9 heteroatoms. The summed E-state index contributed by atoms with van der Waals surface area (Å²) in [5.74, 6) is -1.56. The Morgan fingerprint density at radius 1 is 1.18 bits per heavy atom. The van der Waals surface area contributed by atoms with Crippen molar-refractivity contribution in [3.05, 3.63) is 70.1 Å². The molecule has 0 bridgehead atoms. The Balaban J connectivity index is 1.75. The fourth-order valence-electron chi connectivity index (χ4n) is 2.36. The number of carbonyl (C=O) groups is 3. The summed E-state index contributed by atoms with van der Waals surface area (Å²) >= 11 is 6.22. The number of rotatable bonds is 4. The van der Waals surface area contributed by atoms with Gasteiger partial charge < -0.3 is 9.84 Å². The number of hydrogen-bond donors (Lipinski definition) is 2. The van der Waals surface area contributed by atoms with Gasteiger partial charge >= 0.3 is 5.97 Å². The number of ether oxygens (including phenoxy) is 1. The van der Waals surface area contributed by atoms with Crippen LogP contribution in [0.2, 0.25) is 0 Å². The molecule has 28 heavy (non-hydrogen) atoms. The Morgan fingerprint density at radius 2 is 1.89 bits per heavy atom. The van der Waals surface area contributed by atoms with E-state index in [1.165, 1.54) is 31.4 Å². The summed E-state index contributed by atoms with van der Waals surface area (Å²) in [6.45, 7) is 0. The first-order chi connectivity index (χ1) is 13.4. The van der Waals surface area contributed by atoms with Gasteiger partial charge in [0.2, 0.25) is 0 Å². The molecule has 0 aliphatic carbocycles. The maximum Gasteiger partial charge on any atom is 0.337 e. The van der Waals surface area contributed by atoms with Gasteiger partial charge in [-0.2, -0.15) is 5.01 Å². The topological polar surface area (TPSA) is 95.9 Å². The molecule has 1 heterocycles. The molecule has 2 amide bonds. The number of hydrogen-bond acceptors (Lipinski definition) is 7. The molecule has 3 rings (SSSR count). The first-order valence-corrected chi connectivity index (χ1v) is 9.18. The number of aromatic hydroxyl groups is 1. The van der Waals surface area contributed by atoms with Crippen LogP contribution in [0, 0.1) is 0 Å². The maximum atomic E-state index is 12.6. The fourth-order valence-corrected chi connectivity index (χ4v) is 3.54. The zero-order valence-corrected chi connectivity index (χ0v) is 16.2. The molecule has 2 aromatic rings. The standard InChI is InChI=1S/C19H14N2O5S2/c1-26-18(25)12-7-5-11(6-8-12)9-15-17(24)21(19(27)28-15)20-16(23)13-3-2-4-14(22)10-13/h2-10,22H,1H3,(H,20,23)/b15-9-. The van der Waals surface area contributed by atoms with Gasteiger partial charge in [-0.15, -0.1) is 0 Å². The summed E-state index contributed by atoms with van der Waals surface area (Å²) < 4.78 is 4.82. The summed E-state index contributed by atoms with van der Waals surface area (Å²) in [4.78, 5) is 36.7. The molecule has 2 aromatic carbocycles.